The van der Waals surface area contributed by atoms with Crippen LogP contribution in [0.2, 0.25) is 0 Å². The van der Waals surface area contributed by atoms with Crippen molar-refractivity contribution < 1.29 is 29.3 Å². The zero-order valence-electron chi connectivity index (χ0n) is 14.3. The SMILES string of the molecule is CC(C)=CC[C@@H](OC(=O)C(Cl)(Cl)Cl)C1=CC(=O)c2c(O)ccc(O)c2C1=O. The maximum atomic E-state index is 12.9. The van der Waals surface area contributed by atoms with Gasteiger partial charge in [0, 0.05) is 12.0 Å². The number of rotatable bonds is 4. The topological polar surface area (TPSA) is 101 Å². The Balaban J connectivity index is 2.51. The molecular formula is C18H15Cl3O6. The third kappa shape index (κ3) is 4.64. The largest absolute Gasteiger partial charge is 0.507 e. The van der Waals surface area contributed by atoms with Crippen molar-refractivity contribution in [1.82, 2.24) is 0 Å². The molecule has 0 heterocycles. The number of fused-ring (bicyclic) bond motifs is 1. The fraction of sp³-hybridized carbons (Fsp3) is 0.278. The number of alkyl halides is 3. The molecule has 0 aromatic heterocycles. The van der Waals surface area contributed by atoms with Gasteiger partial charge in [0.05, 0.1) is 11.1 Å². The first kappa shape index (κ1) is 21.3. The molecule has 1 aliphatic carbocycles. The molecule has 0 fully saturated rings. The van der Waals surface area contributed by atoms with Crippen LogP contribution in [0, 0.1) is 0 Å². The van der Waals surface area contributed by atoms with Crippen LogP contribution in [-0.2, 0) is 9.53 Å². The number of ether oxygens (including phenoxy) is 1. The van der Waals surface area contributed by atoms with E-state index in [1.165, 1.54) is 0 Å². The molecule has 1 aromatic rings. The number of carbonyl (C=O) groups excluding carboxylic acids is 3. The number of ketones is 2. The second kappa shape index (κ2) is 7.92. The van der Waals surface area contributed by atoms with E-state index in [-0.39, 0.29) is 23.1 Å². The number of phenolic OH excluding ortho intramolecular Hbond substituents is 2. The Hall–Kier alpha value is -2.02. The van der Waals surface area contributed by atoms with Crippen molar-refractivity contribution in [3.05, 3.63) is 46.6 Å². The fourth-order valence-electron chi connectivity index (χ4n) is 2.50. The molecule has 9 heteroatoms. The summed E-state index contributed by atoms with van der Waals surface area (Å²) < 4.78 is 2.77. The first-order valence-electron chi connectivity index (χ1n) is 7.70. The fourth-order valence-corrected chi connectivity index (χ4v) is 2.63. The van der Waals surface area contributed by atoms with E-state index in [9.17, 15) is 24.6 Å². The molecule has 0 unspecified atom stereocenters. The minimum absolute atomic E-state index is 0.0363. The summed E-state index contributed by atoms with van der Waals surface area (Å²) in [6.45, 7) is 3.57. The van der Waals surface area contributed by atoms with Gasteiger partial charge in [-0.05, 0) is 32.1 Å². The van der Waals surface area contributed by atoms with Gasteiger partial charge in [0.25, 0.3) is 3.79 Å². The normalized spacial score (nSPS) is 14.9. The van der Waals surface area contributed by atoms with Crippen molar-refractivity contribution in [3.8, 4) is 11.5 Å². The van der Waals surface area contributed by atoms with Gasteiger partial charge < -0.3 is 14.9 Å². The van der Waals surface area contributed by atoms with Gasteiger partial charge >= 0.3 is 5.97 Å². The quantitative estimate of drug-likeness (QED) is 0.322. The maximum Gasteiger partial charge on any atom is 0.359 e. The number of esters is 1. The predicted molar refractivity (Wildman–Crippen MR) is 101 cm³/mol. The van der Waals surface area contributed by atoms with Crippen LogP contribution in [0.5, 0.6) is 11.5 Å². The summed E-state index contributed by atoms with van der Waals surface area (Å²) in [6.07, 6.45) is 1.43. The van der Waals surface area contributed by atoms with Crippen molar-refractivity contribution in [3.63, 3.8) is 0 Å². The van der Waals surface area contributed by atoms with Crippen LogP contribution >= 0.6 is 34.8 Å². The van der Waals surface area contributed by atoms with Crippen LogP contribution in [-0.4, -0.2) is 37.6 Å². The van der Waals surface area contributed by atoms with E-state index in [1.807, 2.05) is 0 Å². The standard InChI is InChI=1S/C18H15Cl3O6/c1-8(2)3-6-13(27-17(26)18(19,20)21)9-7-12(24)14-10(22)4-5-11(23)15(14)16(9)25/h3-5,7,13,22-23H,6H2,1-2H3/t13-/m1/s1. The predicted octanol–water partition coefficient (Wildman–Crippen LogP) is 4.04. The third-order valence-corrected chi connectivity index (χ3v) is 4.21. The smallest absolute Gasteiger partial charge is 0.359 e. The van der Waals surface area contributed by atoms with Gasteiger partial charge in [-0.15, -0.1) is 0 Å². The third-order valence-electron chi connectivity index (χ3n) is 3.75. The lowest BCUT2D eigenvalue weighted by Crippen LogP contribution is -2.33. The van der Waals surface area contributed by atoms with Gasteiger partial charge in [0.1, 0.15) is 17.6 Å². The van der Waals surface area contributed by atoms with Crippen LogP contribution < -0.4 is 0 Å². The van der Waals surface area contributed by atoms with Crippen molar-refractivity contribution in [1.29, 1.82) is 0 Å². The number of halogens is 3. The van der Waals surface area contributed by atoms with E-state index in [0.717, 1.165) is 23.8 Å². The lowest BCUT2D eigenvalue weighted by atomic mass is 9.85. The van der Waals surface area contributed by atoms with E-state index in [4.69, 9.17) is 39.5 Å². The molecular weight excluding hydrogens is 419 g/mol. The number of hydrogen-bond acceptors (Lipinski definition) is 6. The monoisotopic (exact) mass is 432 g/mol. The molecule has 144 valence electrons. The van der Waals surface area contributed by atoms with Crippen LogP contribution in [0.25, 0.3) is 0 Å². The van der Waals surface area contributed by atoms with Crippen LogP contribution in [0.1, 0.15) is 41.0 Å². The number of phenols is 2. The number of hydrogen-bond donors (Lipinski definition) is 2. The number of allylic oxidation sites excluding steroid dienone is 2. The molecule has 6 nitrogen and oxygen atoms in total. The van der Waals surface area contributed by atoms with Gasteiger partial charge in [-0.25, -0.2) is 4.79 Å². The second-order valence-corrected chi connectivity index (χ2v) is 8.34. The minimum atomic E-state index is -2.37. The molecule has 2 N–H and O–H groups in total. The molecule has 0 saturated carbocycles. The number of aromatic hydroxyl groups is 2. The second-order valence-electron chi connectivity index (χ2n) is 6.06. The first-order chi connectivity index (χ1) is 12.4. The Morgan fingerprint density at radius 1 is 1.15 bits per heavy atom. The van der Waals surface area contributed by atoms with Crippen molar-refractivity contribution in [2.45, 2.75) is 30.2 Å². The highest BCUT2D eigenvalue weighted by Gasteiger charge is 2.39. The Morgan fingerprint density at radius 3 is 2.22 bits per heavy atom. The Bertz CT molecular complexity index is 876. The van der Waals surface area contributed by atoms with Gasteiger partial charge in [0.2, 0.25) is 0 Å². The molecule has 1 atom stereocenters. The summed E-state index contributed by atoms with van der Waals surface area (Å²) >= 11 is 16.6. The molecule has 0 saturated heterocycles. The Labute approximate surface area is 170 Å². The van der Waals surface area contributed by atoms with E-state index < -0.39 is 38.9 Å². The molecule has 1 aliphatic rings. The summed E-state index contributed by atoms with van der Waals surface area (Å²) in [7, 11) is 0. The zero-order chi connectivity index (χ0) is 20.5. The summed E-state index contributed by atoms with van der Waals surface area (Å²) in [5.41, 5.74) is -0.0310. The Morgan fingerprint density at radius 2 is 1.70 bits per heavy atom. The average Bonchev–Trinajstić information content (AvgIpc) is 2.55. The number of benzene rings is 1. The van der Waals surface area contributed by atoms with Gasteiger partial charge in [-0.2, -0.15) is 0 Å². The van der Waals surface area contributed by atoms with Crippen LogP contribution in [0.3, 0.4) is 0 Å². The van der Waals surface area contributed by atoms with E-state index in [1.54, 1.807) is 19.9 Å². The number of Topliss-reactive ketones (excluding diaryl/α,β-unsaturated/α-hetero) is 1. The van der Waals surface area contributed by atoms with Gasteiger partial charge in [-0.1, -0.05) is 46.5 Å². The molecule has 0 bridgehead atoms. The van der Waals surface area contributed by atoms with Crippen molar-refractivity contribution in [2.24, 2.45) is 0 Å². The van der Waals surface area contributed by atoms with E-state index in [0.29, 0.717) is 0 Å². The van der Waals surface area contributed by atoms with E-state index >= 15 is 0 Å². The highest BCUT2D eigenvalue weighted by atomic mass is 35.6. The molecule has 0 amide bonds. The first-order valence-corrected chi connectivity index (χ1v) is 8.83. The molecule has 27 heavy (non-hydrogen) atoms. The summed E-state index contributed by atoms with van der Waals surface area (Å²) in [4.78, 5) is 37.2. The molecule has 0 radical (unpaired) electrons. The highest BCUT2D eigenvalue weighted by molar-refractivity contribution is 6.75. The average molecular weight is 434 g/mol. The summed E-state index contributed by atoms with van der Waals surface area (Å²) in [5.74, 6) is -3.65. The Kier molecular flexibility index (Phi) is 6.24. The lowest BCUT2D eigenvalue weighted by Gasteiger charge is -2.24. The van der Waals surface area contributed by atoms with Crippen LogP contribution in [0.15, 0.2) is 35.4 Å². The zero-order valence-corrected chi connectivity index (χ0v) is 16.5. The van der Waals surface area contributed by atoms with Crippen molar-refractivity contribution >= 4 is 52.3 Å². The van der Waals surface area contributed by atoms with E-state index in [2.05, 4.69) is 0 Å². The van der Waals surface area contributed by atoms with Gasteiger partial charge in [-0.3, -0.25) is 9.59 Å². The minimum Gasteiger partial charge on any atom is -0.507 e. The van der Waals surface area contributed by atoms with Crippen LogP contribution in [0.4, 0.5) is 0 Å². The maximum absolute atomic E-state index is 12.9. The lowest BCUT2D eigenvalue weighted by molar-refractivity contribution is -0.145. The molecule has 2 rings (SSSR count). The number of carbonyl (C=O) groups is 3. The molecule has 0 aliphatic heterocycles. The molecule has 1 aromatic carbocycles. The van der Waals surface area contributed by atoms with Gasteiger partial charge in [0.15, 0.2) is 11.6 Å². The highest BCUT2D eigenvalue weighted by Crippen LogP contribution is 2.37. The summed E-state index contributed by atoms with van der Waals surface area (Å²) in [6, 6.07) is 2.18. The molecule has 0 spiro atoms. The van der Waals surface area contributed by atoms with Crippen molar-refractivity contribution in [2.75, 3.05) is 0 Å². The summed E-state index contributed by atoms with van der Waals surface area (Å²) in [5, 5.41) is 19.9.